The van der Waals surface area contributed by atoms with Gasteiger partial charge in [0.15, 0.2) is 0 Å². The van der Waals surface area contributed by atoms with Gasteiger partial charge in [0.2, 0.25) is 5.16 Å². The largest absolute Gasteiger partial charge is 0.212 e. The Labute approximate surface area is 163 Å². The number of thioether (sulfide) groups is 1. The van der Waals surface area contributed by atoms with Gasteiger partial charge in [-0.1, -0.05) is 86.6 Å². The molecule has 3 rings (SSSR count). The molecule has 0 unspecified atom stereocenters. The summed E-state index contributed by atoms with van der Waals surface area (Å²) in [6.45, 7) is 6.61. The van der Waals surface area contributed by atoms with Crippen LogP contribution in [0.2, 0.25) is 5.02 Å². The highest BCUT2D eigenvalue weighted by molar-refractivity contribution is 7.98. The van der Waals surface area contributed by atoms with Crippen molar-refractivity contribution in [1.82, 2.24) is 14.9 Å². The fraction of sp³-hybridized carbons (Fsp3) is 0.250. The van der Waals surface area contributed by atoms with Gasteiger partial charge >= 0.3 is 0 Å². The van der Waals surface area contributed by atoms with Gasteiger partial charge in [0, 0.05) is 10.8 Å². The third-order valence-corrected chi connectivity index (χ3v) is 5.27. The van der Waals surface area contributed by atoms with Gasteiger partial charge in [-0.05, 0) is 28.2 Å². The predicted molar refractivity (Wildman–Crippen MR) is 109 cm³/mol. The highest BCUT2D eigenvalue weighted by Crippen LogP contribution is 2.25. The monoisotopic (exact) mass is 384 g/mol. The number of aromatic nitrogens is 3. The molecule has 0 amide bonds. The first-order valence-electron chi connectivity index (χ1n) is 8.34. The van der Waals surface area contributed by atoms with Crippen LogP contribution in [-0.4, -0.2) is 21.1 Å². The number of hydrogen-bond acceptors (Lipinski definition) is 4. The molecule has 0 aliphatic rings. The van der Waals surface area contributed by atoms with Crippen LogP contribution in [-0.2, 0) is 11.2 Å². The summed E-state index contributed by atoms with van der Waals surface area (Å²) in [5.74, 6) is 0.716. The molecular formula is C20H21ClN4S. The van der Waals surface area contributed by atoms with Crippen LogP contribution >= 0.6 is 23.4 Å². The van der Waals surface area contributed by atoms with Crippen molar-refractivity contribution in [2.24, 2.45) is 5.10 Å². The zero-order valence-corrected chi connectivity index (χ0v) is 16.6. The quantitative estimate of drug-likeness (QED) is 0.436. The summed E-state index contributed by atoms with van der Waals surface area (Å²) in [6.07, 6.45) is 3.42. The van der Waals surface area contributed by atoms with Gasteiger partial charge in [0.1, 0.15) is 6.33 Å². The molecule has 0 saturated heterocycles. The number of nitrogens with zero attached hydrogens (tertiary/aromatic N) is 4. The van der Waals surface area contributed by atoms with E-state index in [4.69, 9.17) is 11.6 Å². The minimum atomic E-state index is 0.145. The molecule has 0 fully saturated rings. The topological polar surface area (TPSA) is 43.1 Å². The Balaban J connectivity index is 1.68. The molecule has 0 spiro atoms. The molecule has 0 aliphatic heterocycles. The molecule has 0 bridgehead atoms. The minimum absolute atomic E-state index is 0.145. The average Bonchev–Trinajstić information content (AvgIpc) is 3.06. The highest BCUT2D eigenvalue weighted by Gasteiger charge is 2.12. The molecule has 1 aromatic heterocycles. The number of hydrogen-bond donors (Lipinski definition) is 0. The fourth-order valence-electron chi connectivity index (χ4n) is 2.35. The zero-order valence-electron chi connectivity index (χ0n) is 15.1. The van der Waals surface area contributed by atoms with Crippen molar-refractivity contribution in [2.45, 2.75) is 37.1 Å². The standard InChI is InChI=1S/C20H21ClN4S/c1-20(2,3)17-10-8-15(9-11-17)12-23-25-14-22-24-19(25)26-13-16-6-4-5-7-18(16)21/h4-12,14H,13H2,1-3H3/b23-12-. The number of rotatable bonds is 5. The van der Waals surface area contributed by atoms with E-state index in [2.05, 4.69) is 60.3 Å². The van der Waals surface area contributed by atoms with Crippen LogP contribution in [0, 0.1) is 0 Å². The summed E-state index contributed by atoms with van der Waals surface area (Å²) >= 11 is 7.76. The summed E-state index contributed by atoms with van der Waals surface area (Å²) in [5, 5.41) is 14.1. The lowest BCUT2D eigenvalue weighted by atomic mass is 9.87. The van der Waals surface area contributed by atoms with Crippen molar-refractivity contribution < 1.29 is 0 Å². The molecule has 0 saturated carbocycles. The van der Waals surface area contributed by atoms with E-state index in [9.17, 15) is 0 Å². The fourth-order valence-corrected chi connectivity index (χ4v) is 3.50. The van der Waals surface area contributed by atoms with E-state index in [-0.39, 0.29) is 5.41 Å². The van der Waals surface area contributed by atoms with Crippen LogP contribution in [0.25, 0.3) is 0 Å². The first kappa shape index (κ1) is 18.7. The maximum absolute atomic E-state index is 6.20. The second kappa shape index (κ2) is 8.06. The molecule has 4 nitrogen and oxygen atoms in total. The summed E-state index contributed by atoms with van der Waals surface area (Å²) in [7, 11) is 0. The molecule has 26 heavy (non-hydrogen) atoms. The van der Waals surface area contributed by atoms with E-state index in [0.29, 0.717) is 5.75 Å². The van der Waals surface area contributed by atoms with Crippen molar-refractivity contribution in [3.63, 3.8) is 0 Å². The van der Waals surface area contributed by atoms with Gasteiger partial charge in [0.05, 0.1) is 6.21 Å². The van der Waals surface area contributed by atoms with Crippen molar-refractivity contribution >= 4 is 29.6 Å². The van der Waals surface area contributed by atoms with Crippen LogP contribution in [0.3, 0.4) is 0 Å². The van der Waals surface area contributed by atoms with Crippen LogP contribution < -0.4 is 0 Å². The van der Waals surface area contributed by atoms with Gasteiger partial charge in [-0.2, -0.15) is 9.78 Å². The highest BCUT2D eigenvalue weighted by atomic mass is 35.5. The molecule has 0 radical (unpaired) electrons. The first-order chi connectivity index (χ1) is 12.4. The maximum Gasteiger partial charge on any atom is 0.212 e. The van der Waals surface area contributed by atoms with E-state index in [1.54, 1.807) is 22.8 Å². The molecule has 2 aromatic carbocycles. The molecule has 0 atom stereocenters. The lowest BCUT2D eigenvalue weighted by Gasteiger charge is -2.18. The van der Waals surface area contributed by atoms with Crippen molar-refractivity contribution in [1.29, 1.82) is 0 Å². The van der Waals surface area contributed by atoms with E-state index in [0.717, 1.165) is 21.3 Å². The molecule has 0 aliphatic carbocycles. The maximum atomic E-state index is 6.20. The second-order valence-corrected chi connectivity index (χ2v) is 8.30. The Morgan fingerprint density at radius 1 is 1.12 bits per heavy atom. The lowest BCUT2D eigenvalue weighted by Crippen LogP contribution is -2.10. The Morgan fingerprint density at radius 3 is 2.54 bits per heavy atom. The van der Waals surface area contributed by atoms with Gasteiger partial charge in [-0.15, -0.1) is 10.2 Å². The third kappa shape index (κ3) is 4.74. The zero-order chi connectivity index (χ0) is 18.6. The number of benzene rings is 2. The Bertz CT molecular complexity index is 895. The predicted octanol–water partition coefficient (Wildman–Crippen LogP) is 5.40. The van der Waals surface area contributed by atoms with Gasteiger partial charge in [-0.3, -0.25) is 0 Å². The van der Waals surface area contributed by atoms with Crippen molar-refractivity contribution in [3.05, 3.63) is 76.6 Å². The molecule has 3 aromatic rings. The molecule has 1 heterocycles. The van der Waals surface area contributed by atoms with E-state index in [1.165, 1.54) is 5.56 Å². The van der Waals surface area contributed by atoms with Crippen LogP contribution in [0.1, 0.15) is 37.5 Å². The summed E-state index contributed by atoms with van der Waals surface area (Å²) < 4.78 is 1.68. The smallest absolute Gasteiger partial charge is 0.195 e. The number of halogens is 1. The first-order valence-corrected chi connectivity index (χ1v) is 9.71. The molecule has 6 heteroatoms. The van der Waals surface area contributed by atoms with Crippen LogP contribution in [0.5, 0.6) is 0 Å². The summed E-state index contributed by atoms with van der Waals surface area (Å²) in [5.41, 5.74) is 3.55. The average molecular weight is 385 g/mol. The van der Waals surface area contributed by atoms with E-state index in [1.807, 2.05) is 30.5 Å². The lowest BCUT2D eigenvalue weighted by molar-refractivity contribution is 0.590. The van der Waals surface area contributed by atoms with Crippen LogP contribution in [0.15, 0.2) is 65.1 Å². The Morgan fingerprint density at radius 2 is 1.85 bits per heavy atom. The second-order valence-electron chi connectivity index (χ2n) is 6.95. The van der Waals surface area contributed by atoms with Crippen molar-refractivity contribution in [2.75, 3.05) is 0 Å². The summed E-state index contributed by atoms with van der Waals surface area (Å²) in [6, 6.07) is 16.2. The third-order valence-electron chi connectivity index (χ3n) is 3.92. The Hall–Kier alpha value is -2.11. The minimum Gasteiger partial charge on any atom is -0.195 e. The molecule has 134 valence electrons. The SMILES string of the molecule is CC(C)(C)c1ccc(/C=N\n2cnnc2SCc2ccccc2Cl)cc1. The molecular weight excluding hydrogens is 364 g/mol. The van der Waals surface area contributed by atoms with Gasteiger partial charge < -0.3 is 0 Å². The molecule has 0 N–H and O–H groups in total. The summed E-state index contributed by atoms with van der Waals surface area (Å²) in [4.78, 5) is 0. The van der Waals surface area contributed by atoms with Crippen LogP contribution in [0.4, 0.5) is 0 Å². The van der Waals surface area contributed by atoms with Crippen molar-refractivity contribution in [3.8, 4) is 0 Å². The van der Waals surface area contributed by atoms with Gasteiger partial charge in [0.25, 0.3) is 0 Å². The van der Waals surface area contributed by atoms with Gasteiger partial charge in [-0.25, -0.2) is 0 Å². The normalized spacial score (nSPS) is 12.0. The van der Waals surface area contributed by atoms with E-state index < -0.39 is 0 Å². The van der Waals surface area contributed by atoms with E-state index >= 15 is 0 Å². The Kier molecular flexibility index (Phi) is 5.79.